The molecule has 12 heteroatoms. The van der Waals surface area contributed by atoms with E-state index in [2.05, 4.69) is 9.71 Å². The largest absolute Gasteiger partial charge is 0.293 e. The standard InChI is InChI=1S/C14H14F3N5O2S2/c1-14(2-3-14)21-26(23,24)7-4-8(15)10-9(5-7)22(6-20-10)13(19)25-12(18)11(16)17/h4-6,11,18-19,21H,2-3H2,1H3. The molecule has 7 nitrogen and oxygen atoms in total. The SMILES string of the molecule is CC1(NS(=O)(=O)c2cc(F)c3ncn(C(=N)SC(=N)C(F)F)c3c2)CC1. The first kappa shape index (κ1) is 18.9. The van der Waals surface area contributed by atoms with Gasteiger partial charge in [-0.15, -0.1) is 0 Å². The normalized spacial score (nSPS) is 16.2. The zero-order valence-corrected chi connectivity index (χ0v) is 15.0. The van der Waals surface area contributed by atoms with Gasteiger partial charge in [0.2, 0.25) is 10.0 Å². The minimum atomic E-state index is -4.00. The monoisotopic (exact) mass is 405 g/mol. The lowest BCUT2D eigenvalue weighted by atomic mass is 10.3. The van der Waals surface area contributed by atoms with Crippen molar-refractivity contribution in [1.82, 2.24) is 14.3 Å². The maximum Gasteiger partial charge on any atom is 0.286 e. The second-order valence-corrected chi connectivity index (χ2v) is 8.84. The fraction of sp³-hybridized carbons (Fsp3) is 0.357. The van der Waals surface area contributed by atoms with Crippen LogP contribution in [0.15, 0.2) is 23.4 Å². The van der Waals surface area contributed by atoms with E-state index in [0.717, 1.165) is 23.0 Å². The van der Waals surface area contributed by atoms with Crippen LogP contribution in [0.5, 0.6) is 0 Å². The lowest BCUT2D eigenvalue weighted by Crippen LogP contribution is -2.34. The van der Waals surface area contributed by atoms with E-state index < -0.39 is 38.0 Å². The van der Waals surface area contributed by atoms with E-state index in [1.807, 2.05) is 0 Å². The van der Waals surface area contributed by atoms with Crippen LogP contribution in [-0.2, 0) is 10.0 Å². The first-order valence-corrected chi connectivity index (χ1v) is 9.66. The van der Waals surface area contributed by atoms with Gasteiger partial charge in [0.1, 0.15) is 16.9 Å². The summed E-state index contributed by atoms with van der Waals surface area (Å²) in [5, 5.41) is 13.4. The van der Waals surface area contributed by atoms with Crippen LogP contribution in [0.25, 0.3) is 11.0 Å². The Labute approximate surface area is 151 Å². The number of hydrogen-bond donors (Lipinski definition) is 3. The number of halogens is 3. The summed E-state index contributed by atoms with van der Waals surface area (Å²) in [6, 6.07) is 1.95. The molecular weight excluding hydrogens is 391 g/mol. The number of hydrogen-bond acceptors (Lipinski definition) is 6. The summed E-state index contributed by atoms with van der Waals surface area (Å²) in [4.78, 5) is 3.41. The van der Waals surface area contributed by atoms with E-state index in [9.17, 15) is 21.6 Å². The molecular formula is C14H14F3N5O2S2. The van der Waals surface area contributed by atoms with Crippen LogP contribution in [0, 0.1) is 16.6 Å². The number of alkyl halides is 2. The van der Waals surface area contributed by atoms with Gasteiger partial charge in [-0.05, 0) is 43.7 Å². The third-order valence-electron chi connectivity index (χ3n) is 3.89. The Kier molecular flexibility index (Phi) is 4.61. The summed E-state index contributed by atoms with van der Waals surface area (Å²) < 4.78 is 67.6. The lowest BCUT2D eigenvalue weighted by molar-refractivity contribution is 0.228. The molecule has 1 aliphatic rings. The number of sulfonamides is 1. The predicted octanol–water partition coefficient (Wildman–Crippen LogP) is 2.76. The molecule has 1 aliphatic carbocycles. The summed E-state index contributed by atoms with van der Waals surface area (Å²) in [5.41, 5.74) is -0.819. The maximum absolute atomic E-state index is 14.3. The summed E-state index contributed by atoms with van der Waals surface area (Å²) in [6.07, 6.45) is -0.683. The molecule has 0 radical (unpaired) electrons. The molecule has 0 saturated heterocycles. The fourth-order valence-electron chi connectivity index (χ4n) is 2.24. The number of nitrogens with zero attached hydrogens (tertiary/aromatic N) is 2. The van der Waals surface area contributed by atoms with Gasteiger partial charge in [-0.3, -0.25) is 15.4 Å². The van der Waals surface area contributed by atoms with Gasteiger partial charge in [-0.2, -0.15) is 0 Å². The van der Waals surface area contributed by atoms with E-state index in [1.54, 1.807) is 6.92 Å². The van der Waals surface area contributed by atoms with Crippen LogP contribution in [0.4, 0.5) is 13.2 Å². The third kappa shape index (κ3) is 3.62. The van der Waals surface area contributed by atoms with Gasteiger partial charge in [-0.25, -0.2) is 31.3 Å². The molecule has 0 unspecified atom stereocenters. The van der Waals surface area contributed by atoms with Crippen molar-refractivity contribution in [2.45, 2.75) is 36.6 Å². The van der Waals surface area contributed by atoms with Crippen molar-refractivity contribution in [2.75, 3.05) is 0 Å². The van der Waals surface area contributed by atoms with Crippen LogP contribution >= 0.6 is 11.8 Å². The highest BCUT2D eigenvalue weighted by Gasteiger charge is 2.41. The summed E-state index contributed by atoms with van der Waals surface area (Å²) >= 11 is 0.172. The molecule has 1 aromatic heterocycles. The molecule has 26 heavy (non-hydrogen) atoms. The maximum atomic E-state index is 14.3. The first-order chi connectivity index (χ1) is 12.0. The minimum Gasteiger partial charge on any atom is -0.293 e. The van der Waals surface area contributed by atoms with E-state index in [4.69, 9.17) is 10.8 Å². The molecule has 2 aromatic rings. The summed E-state index contributed by atoms with van der Waals surface area (Å²) in [6.45, 7) is 1.73. The highest BCUT2D eigenvalue weighted by molar-refractivity contribution is 8.26. The first-order valence-electron chi connectivity index (χ1n) is 7.36. The van der Waals surface area contributed by atoms with Crippen molar-refractivity contribution in [3.8, 4) is 0 Å². The topological polar surface area (TPSA) is 112 Å². The van der Waals surface area contributed by atoms with Crippen molar-refractivity contribution in [3.63, 3.8) is 0 Å². The van der Waals surface area contributed by atoms with Crippen molar-refractivity contribution >= 4 is 43.0 Å². The molecule has 0 atom stereocenters. The summed E-state index contributed by atoms with van der Waals surface area (Å²) in [5.74, 6) is -0.913. The smallest absolute Gasteiger partial charge is 0.286 e. The van der Waals surface area contributed by atoms with Crippen molar-refractivity contribution in [1.29, 1.82) is 10.8 Å². The molecule has 3 rings (SSSR count). The van der Waals surface area contributed by atoms with Crippen molar-refractivity contribution in [3.05, 3.63) is 24.3 Å². The number of fused-ring (bicyclic) bond motifs is 1. The van der Waals surface area contributed by atoms with Crippen LogP contribution in [0.1, 0.15) is 19.8 Å². The van der Waals surface area contributed by atoms with Gasteiger partial charge >= 0.3 is 0 Å². The third-order valence-corrected chi connectivity index (χ3v) is 6.30. The number of nitrogens with one attached hydrogen (secondary N) is 3. The molecule has 1 fully saturated rings. The average Bonchev–Trinajstić information content (AvgIpc) is 3.08. The fourth-order valence-corrected chi connectivity index (χ4v) is 4.27. The van der Waals surface area contributed by atoms with E-state index >= 15 is 0 Å². The number of thioether (sulfide) groups is 1. The van der Waals surface area contributed by atoms with Crippen LogP contribution < -0.4 is 4.72 Å². The van der Waals surface area contributed by atoms with Crippen LogP contribution in [-0.4, -0.2) is 40.1 Å². The second-order valence-electron chi connectivity index (χ2n) is 6.13. The molecule has 1 heterocycles. The van der Waals surface area contributed by atoms with Gasteiger partial charge in [0, 0.05) is 5.54 Å². The Morgan fingerprint density at radius 1 is 1.38 bits per heavy atom. The van der Waals surface area contributed by atoms with Crippen LogP contribution in [0.2, 0.25) is 0 Å². The zero-order valence-electron chi connectivity index (χ0n) is 13.4. The Balaban J connectivity index is 2.01. The number of rotatable bonds is 4. The predicted molar refractivity (Wildman–Crippen MR) is 92.1 cm³/mol. The molecule has 1 saturated carbocycles. The molecule has 0 amide bonds. The zero-order chi connectivity index (χ0) is 19.3. The number of imidazole rings is 1. The number of benzene rings is 1. The van der Waals surface area contributed by atoms with Crippen molar-refractivity contribution in [2.24, 2.45) is 0 Å². The molecule has 3 N–H and O–H groups in total. The van der Waals surface area contributed by atoms with Gasteiger partial charge in [-0.1, -0.05) is 0 Å². The Morgan fingerprint density at radius 3 is 2.62 bits per heavy atom. The Bertz CT molecular complexity index is 1020. The lowest BCUT2D eigenvalue weighted by Gasteiger charge is -2.13. The minimum absolute atomic E-state index is 0.0640. The van der Waals surface area contributed by atoms with Crippen LogP contribution in [0.3, 0.4) is 0 Å². The van der Waals surface area contributed by atoms with Gasteiger partial charge in [0.15, 0.2) is 11.0 Å². The number of aromatic nitrogens is 2. The molecule has 0 bridgehead atoms. The quantitative estimate of drug-likeness (QED) is 0.536. The van der Waals surface area contributed by atoms with Gasteiger partial charge in [0.25, 0.3) is 6.43 Å². The van der Waals surface area contributed by atoms with Gasteiger partial charge < -0.3 is 0 Å². The molecule has 0 spiro atoms. The Morgan fingerprint density at radius 2 is 2.04 bits per heavy atom. The van der Waals surface area contributed by atoms with Gasteiger partial charge in [0.05, 0.1) is 10.4 Å². The molecule has 1 aromatic carbocycles. The molecule has 140 valence electrons. The van der Waals surface area contributed by atoms with E-state index in [-0.39, 0.29) is 27.7 Å². The molecule has 0 aliphatic heterocycles. The van der Waals surface area contributed by atoms with E-state index in [0.29, 0.717) is 12.8 Å². The second kappa shape index (κ2) is 6.35. The van der Waals surface area contributed by atoms with E-state index in [1.165, 1.54) is 0 Å². The highest BCUT2D eigenvalue weighted by atomic mass is 32.2. The van der Waals surface area contributed by atoms with Crippen molar-refractivity contribution < 1.29 is 21.6 Å². The summed E-state index contributed by atoms with van der Waals surface area (Å²) in [7, 11) is -4.00. The average molecular weight is 405 g/mol. The highest BCUT2D eigenvalue weighted by Crippen LogP contribution is 2.36. The Hall–Kier alpha value is -1.92.